The number of carbonyl (C=O) groups is 1. The molecule has 0 fully saturated rings. The highest BCUT2D eigenvalue weighted by atomic mass is 35.5. The summed E-state index contributed by atoms with van der Waals surface area (Å²) < 4.78 is 13.9. The van der Waals surface area contributed by atoms with E-state index in [1.165, 1.54) is 29.3 Å². The fraction of sp³-hybridized carbons (Fsp3) is 0.143. The van der Waals surface area contributed by atoms with E-state index in [1.807, 2.05) is 12.1 Å². The Kier molecular flexibility index (Phi) is 4.77. The Morgan fingerprint density at radius 1 is 1.07 bits per heavy atom. The largest absolute Gasteiger partial charge is 0.366 e. The molecule has 0 saturated carbocycles. The molecule has 0 saturated heterocycles. The Hall–Kier alpha value is -2.92. The van der Waals surface area contributed by atoms with E-state index in [4.69, 9.17) is 11.6 Å². The number of aromatic nitrogens is 1. The highest BCUT2D eigenvalue weighted by molar-refractivity contribution is 6.34. The number of hydrogen-bond donors (Lipinski definition) is 1. The van der Waals surface area contributed by atoms with Crippen molar-refractivity contribution < 1.29 is 9.18 Å². The minimum absolute atomic E-state index is 0.0658. The topological polar surface area (TPSA) is 45.2 Å². The second-order valence-electron chi connectivity index (χ2n) is 6.39. The third-order valence-corrected chi connectivity index (χ3v) is 4.99. The maximum Gasteiger partial charge on any atom is 0.261 e. The molecule has 27 heavy (non-hydrogen) atoms. The van der Waals surface area contributed by atoms with Gasteiger partial charge in [-0.2, -0.15) is 0 Å². The van der Waals surface area contributed by atoms with E-state index in [0.29, 0.717) is 5.82 Å². The van der Waals surface area contributed by atoms with Crippen LogP contribution in [0.4, 0.5) is 15.9 Å². The number of pyridine rings is 1. The van der Waals surface area contributed by atoms with Crippen LogP contribution in [-0.4, -0.2) is 17.4 Å². The molecule has 6 heteroatoms. The number of nitrogens with zero attached hydrogens (tertiary/aromatic N) is 2. The van der Waals surface area contributed by atoms with Crippen LogP contribution in [0, 0.1) is 5.82 Å². The van der Waals surface area contributed by atoms with Crippen LogP contribution in [0.3, 0.4) is 0 Å². The quantitative estimate of drug-likeness (QED) is 0.716. The summed E-state index contributed by atoms with van der Waals surface area (Å²) in [6.07, 6.45) is 2.70. The molecule has 1 amide bonds. The summed E-state index contributed by atoms with van der Waals surface area (Å²) in [5.74, 6) is -0.936. The van der Waals surface area contributed by atoms with Gasteiger partial charge in [-0.1, -0.05) is 41.9 Å². The molecule has 0 spiro atoms. The van der Waals surface area contributed by atoms with E-state index in [0.717, 1.165) is 25.2 Å². The number of halogens is 2. The smallest absolute Gasteiger partial charge is 0.261 e. The molecule has 0 unspecified atom stereocenters. The summed E-state index contributed by atoms with van der Waals surface area (Å²) >= 11 is 5.93. The molecule has 1 N–H and O–H groups in total. The number of anilines is 2. The molecule has 136 valence electrons. The zero-order valence-electron chi connectivity index (χ0n) is 14.5. The van der Waals surface area contributed by atoms with Gasteiger partial charge in [0.25, 0.3) is 5.91 Å². The fourth-order valence-corrected chi connectivity index (χ4v) is 3.51. The first-order valence-electron chi connectivity index (χ1n) is 8.65. The summed E-state index contributed by atoms with van der Waals surface area (Å²) in [5, 5.41) is 2.66. The van der Waals surface area contributed by atoms with Crippen molar-refractivity contribution in [2.45, 2.75) is 13.0 Å². The van der Waals surface area contributed by atoms with E-state index in [2.05, 4.69) is 33.4 Å². The molecule has 0 bridgehead atoms. The molecule has 1 aliphatic heterocycles. The maximum atomic E-state index is 13.9. The molecule has 0 atom stereocenters. The predicted octanol–water partition coefficient (Wildman–Crippen LogP) is 4.69. The van der Waals surface area contributed by atoms with Crippen molar-refractivity contribution >= 4 is 29.0 Å². The third-order valence-electron chi connectivity index (χ3n) is 4.68. The number of carbonyl (C=O) groups excluding carboxylic acids is 1. The number of rotatable bonds is 3. The Morgan fingerprint density at radius 3 is 2.63 bits per heavy atom. The Labute approximate surface area is 161 Å². The van der Waals surface area contributed by atoms with Crippen LogP contribution in [0.25, 0.3) is 0 Å². The first kappa shape index (κ1) is 17.5. The Balaban J connectivity index is 1.48. The molecular weight excluding hydrogens is 365 g/mol. The molecule has 1 aliphatic rings. The summed E-state index contributed by atoms with van der Waals surface area (Å²) in [4.78, 5) is 18.8. The lowest BCUT2D eigenvalue weighted by Crippen LogP contribution is -2.30. The lowest BCUT2D eigenvalue weighted by molar-refractivity contribution is 0.102. The highest BCUT2D eigenvalue weighted by Crippen LogP contribution is 2.25. The van der Waals surface area contributed by atoms with Gasteiger partial charge >= 0.3 is 0 Å². The van der Waals surface area contributed by atoms with Crippen LogP contribution >= 0.6 is 11.6 Å². The standard InChI is InChI=1S/C21H17ClFN3O/c22-17-6-3-7-18(23)20(17)21(27)25-19-9-8-16(12-24-19)26-11-10-14-4-1-2-5-15(14)13-26/h1-9,12H,10-11,13H2,(H,24,25,27). The zero-order chi connectivity index (χ0) is 18.8. The Bertz CT molecular complexity index is 971. The SMILES string of the molecule is O=C(Nc1ccc(N2CCc3ccccc3C2)cn1)c1c(F)cccc1Cl. The van der Waals surface area contributed by atoms with Gasteiger partial charge in [0.15, 0.2) is 0 Å². The van der Waals surface area contributed by atoms with E-state index >= 15 is 0 Å². The first-order valence-corrected chi connectivity index (χ1v) is 9.03. The summed E-state index contributed by atoms with van der Waals surface area (Å²) in [5.41, 5.74) is 3.49. The van der Waals surface area contributed by atoms with Gasteiger partial charge in [-0.05, 0) is 41.8 Å². The molecule has 4 nitrogen and oxygen atoms in total. The van der Waals surface area contributed by atoms with Crippen LogP contribution in [0.5, 0.6) is 0 Å². The van der Waals surface area contributed by atoms with Crippen molar-refractivity contribution in [3.8, 4) is 0 Å². The van der Waals surface area contributed by atoms with Crippen molar-refractivity contribution in [3.05, 3.63) is 88.3 Å². The van der Waals surface area contributed by atoms with Crippen LogP contribution in [0.2, 0.25) is 5.02 Å². The van der Waals surface area contributed by atoms with Crippen LogP contribution in [0.15, 0.2) is 60.8 Å². The predicted molar refractivity (Wildman–Crippen MR) is 105 cm³/mol. The van der Waals surface area contributed by atoms with Gasteiger partial charge in [-0.25, -0.2) is 9.37 Å². The van der Waals surface area contributed by atoms with Gasteiger partial charge in [0.2, 0.25) is 0 Å². The molecule has 2 heterocycles. The average Bonchev–Trinajstić information content (AvgIpc) is 2.68. The van der Waals surface area contributed by atoms with Crippen molar-refractivity contribution in [1.82, 2.24) is 4.98 Å². The molecule has 2 aromatic carbocycles. The molecule has 1 aromatic heterocycles. The van der Waals surface area contributed by atoms with Crippen LogP contribution in [0.1, 0.15) is 21.5 Å². The normalized spacial score (nSPS) is 13.2. The van der Waals surface area contributed by atoms with Crippen molar-refractivity contribution in [3.63, 3.8) is 0 Å². The van der Waals surface area contributed by atoms with E-state index < -0.39 is 11.7 Å². The molecule has 0 aliphatic carbocycles. The third kappa shape index (κ3) is 3.64. The minimum Gasteiger partial charge on any atom is -0.366 e. The highest BCUT2D eigenvalue weighted by Gasteiger charge is 2.18. The number of benzene rings is 2. The second kappa shape index (κ2) is 7.37. The van der Waals surface area contributed by atoms with E-state index in [-0.39, 0.29) is 10.6 Å². The van der Waals surface area contributed by atoms with E-state index in [1.54, 1.807) is 12.3 Å². The van der Waals surface area contributed by atoms with Gasteiger partial charge in [-0.15, -0.1) is 0 Å². The monoisotopic (exact) mass is 381 g/mol. The van der Waals surface area contributed by atoms with Gasteiger partial charge < -0.3 is 10.2 Å². The molecule has 0 radical (unpaired) electrons. The number of amides is 1. The lowest BCUT2D eigenvalue weighted by atomic mass is 10.00. The molecule has 4 rings (SSSR count). The molecule has 3 aromatic rings. The van der Waals surface area contributed by atoms with Crippen molar-refractivity contribution in [2.75, 3.05) is 16.8 Å². The average molecular weight is 382 g/mol. The second-order valence-corrected chi connectivity index (χ2v) is 6.80. The van der Waals surface area contributed by atoms with Crippen LogP contribution < -0.4 is 10.2 Å². The number of hydrogen-bond acceptors (Lipinski definition) is 3. The van der Waals surface area contributed by atoms with Gasteiger partial charge in [0.1, 0.15) is 11.6 Å². The summed E-state index contributed by atoms with van der Waals surface area (Å²) in [6.45, 7) is 1.74. The van der Waals surface area contributed by atoms with Crippen molar-refractivity contribution in [1.29, 1.82) is 0 Å². The van der Waals surface area contributed by atoms with E-state index in [9.17, 15) is 9.18 Å². The molecular formula is C21H17ClFN3O. The van der Waals surface area contributed by atoms with Gasteiger partial charge in [-0.3, -0.25) is 4.79 Å². The first-order chi connectivity index (χ1) is 13.1. The summed E-state index contributed by atoms with van der Waals surface area (Å²) in [6, 6.07) is 16.2. The number of fused-ring (bicyclic) bond motifs is 1. The van der Waals surface area contributed by atoms with Crippen molar-refractivity contribution in [2.24, 2.45) is 0 Å². The van der Waals surface area contributed by atoms with Gasteiger partial charge in [0, 0.05) is 13.1 Å². The summed E-state index contributed by atoms with van der Waals surface area (Å²) in [7, 11) is 0. The fourth-order valence-electron chi connectivity index (χ4n) is 3.26. The van der Waals surface area contributed by atoms with Gasteiger partial charge in [0.05, 0.1) is 22.5 Å². The maximum absolute atomic E-state index is 13.9. The zero-order valence-corrected chi connectivity index (χ0v) is 15.2. The minimum atomic E-state index is -0.663. The Morgan fingerprint density at radius 2 is 1.89 bits per heavy atom. The van der Waals surface area contributed by atoms with Crippen LogP contribution in [-0.2, 0) is 13.0 Å². The lowest BCUT2D eigenvalue weighted by Gasteiger charge is -2.30. The number of nitrogens with one attached hydrogen (secondary N) is 1.